The second-order valence-corrected chi connectivity index (χ2v) is 11.7. The lowest BCUT2D eigenvalue weighted by molar-refractivity contribution is -0.140. The third-order valence-electron chi connectivity index (χ3n) is 5.70. The Balaban J connectivity index is 2.20. The number of aryl methyl sites for hydroxylation is 2. The van der Waals surface area contributed by atoms with Gasteiger partial charge in [-0.3, -0.25) is 13.9 Å². The van der Waals surface area contributed by atoms with E-state index in [1.165, 1.54) is 9.21 Å². The number of carbonyl (C=O) groups excluding carboxylic acids is 2. The largest absolute Gasteiger partial charge is 0.354 e. The van der Waals surface area contributed by atoms with Crippen LogP contribution in [0.1, 0.15) is 49.8 Å². The Bertz CT molecular complexity index is 1170. The van der Waals surface area contributed by atoms with Crippen LogP contribution in [0.15, 0.2) is 36.4 Å². The molecule has 0 unspecified atom stereocenters. The maximum Gasteiger partial charge on any atom is 0.242 e. The maximum atomic E-state index is 13.3. The van der Waals surface area contributed by atoms with E-state index in [9.17, 15) is 18.0 Å². The lowest BCUT2D eigenvalue weighted by Gasteiger charge is -2.29. The van der Waals surface area contributed by atoms with Crippen LogP contribution < -0.4 is 9.62 Å². The fourth-order valence-electron chi connectivity index (χ4n) is 3.91. The zero-order valence-corrected chi connectivity index (χ0v) is 23.8. The van der Waals surface area contributed by atoms with Crippen LogP contribution >= 0.6 is 23.2 Å². The van der Waals surface area contributed by atoms with E-state index in [2.05, 4.69) is 5.32 Å². The molecule has 0 saturated heterocycles. The Labute approximate surface area is 224 Å². The first kappa shape index (κ1) is 29.9. The van der Waals surface area contributed by atoms with Crippen LogP contribution in [0, 0.1) is 13.8 Å². The molecule has 0 aliphatic rings. The molecule has 2 aromatic rings. The van der Waals surface area contributed by atoms with Crippen molar-refractivity contribution >= 4 is 50.7 Å². The van der Waals surface area contributed by atoms with Crippen molar-refractivity contribution in [1.82, 2.24) is 10.2 Å². The average molecular weight is 557 g/mol. The summed E-state index contributed by atoms with van der Waals surface area (Å²) in [5, 5.41) is 3.60. The molecule has 0 heterocycles. The van der Waals surface area contributed by atoms with E-state index >= 15 is 0 Å². The van der Waals surface area contributed by atoms with Gasteiger partial charge < -0.3 is 10.2 Å². The van der Waals surface area contributed by atoms with Crippen molar-refractivity contribution in [1.29, 1.82) is 0 Å². The van der Waals surface area contributed by atoms with Gasteiger partial charge in [-0.25, -0.2) is 8.42 Å². The highest BCUT2D eigenvalue weighted by Gasteiger charge is 2.26. The van der Waals surface area contributed by atoms with E-state index in [1.54, 1.807) is 25.1 Å². The van der Waals surface area contributed by atoms with E-state index in [1.807, 2.05) is 39.0 Å². The smallest absolute Gasteiger partial charge is 0.242 e. The maximum absolute atomic E-state index is 13.3. The van der Waals surface area contributed by atoms with Crippen LogP contribution in [0.3, 0.4) is 0 Å². The van der Waals surface area contributed by atoms with E-state index in [0.29, 0.717) is 28.7 Å². The van der Waals surface area contributed by atoms with Crippen LogP contribution in [0.4, 0.5) is 5.69 Å². The number of amides is 2. The van der Waals surface area contributed by atoms with Gasteiger partial charge in [-0.15, -0.1) is 0 Å². The number of rotatable bonds is 12. The van der Waals surface area contributed by atoms with Gasteiger partial charge in [-0.05, 0) is 74.6 Å². The summed E-state index contributed by atoms with van der Waals surface area (Å²) in [5.41, 5.74) is 3.21. The highest BCUT2D eigenvalue weighted by atomic mass is 35.5. The van der Waals surface area contributed by atoms with Gasteiger partial charge in [-0.1, -0.05) is 42.3 Å². The summed E-state index contributed by atoms with van der Waals surface area (Å²) in [5.74, 6) is -0.507. The van der Waals surface area contributed by atoms with Crippen molar-refractivity contribution in [2.75, 3.05) is 23.7 Å². The van der Waals surface area contributed by atoms with E-state index in [-0.39, 0.29) is 31.3 Å². The highest BCUT2D eigenvalue weighted by molar-refractivity contribution is 7.92. The normalized spacial score (nSPS) is 12.2. The number of halogens is 2. The van der Waals surface area contributed by atoms with Gasteiger partial charge in [0.05, 0.1) is 22.0 Å². The molecule has 0 aromatic heterocycles. The quantitative estimate of drug-likeness (QED) is 0.394. The predicted octanol–water partition coefficient (Wildman–Crippen LogP) is 5.10. The van der Waals surface area contributed by atoms with Crippen molar-refractivity contribution in [2.45, 2.75) is 59.5 Å². The van der Waals surface area contributed by atoms with Gasteiger partial charge in [0.2, 0.25) is 21.8 Å². The van der Waals surface area contributed by atoms with E-state index in [0.717, 1.165) is 29.4 Å². The number of hydrogen-bond acceptors (Lipinski definition) is 4. The molecule has 1 N–H and O–H groups in total. The fourth-order valence-corrected chi connectivity index (χ4v) is 5.18. The summed E-state index contributed by atoms with van der Waals surface area (Å²) in [6, 6.07) is 9.96. The average Bonchev–Trinajstić information content (AvgIpc) is 2.78. The zero-order chi connectivity index (χ0) is 27.0. The molecular weight excluding hydrogens is 521 g/mol. The van der Waals surface area contributed by atoms with Crippen LogP contribution in [0.25, 0.3) is 0 Å². The minimum atomic E-state index is -3.55. The molecule has 0 spiro atoms. The Hall–Kier alpha value is -2.29. The SMILES string of the molecule is CCCNC(=O)[C@@H](C)N(Cc1ccc(Cl)c(Cl)c1)C(=O)CCCN(c1cc(C)cc(C)c1)S(C)(=O)=O. The van der Waals surface area contributed by atoms with Crippen molar-refractivity contribution in [3.63, 3.8) is 0 Å². The Morgan fingerprint density at radius 2 is 1.67 bits per heavy atom. The first-order valence-electron chi connectivity index (χ1n) is 11.9. The molecule has 2 aromatic carbocycles. The van der Waals surface area contributed by atoms with Gasteiger partial charge in [0, 0.05) is 26.1 Å². The highest BCUT2D eigenvalue weighted by Crippen LogP contribution is 2.25. The van der Waals surface area contributed by atoms with Gasteiger partial charge in [-0.2, -0.15) is 0 Å². The molecule has 0 radical (unpaired) electrons. The van der Waals surface area contributed by atoms with Crippen molar-refractivity contribution in [3.05, 3.63) is 63.1 Å². The molecule has 0 bridgehead atoms. The summed E-state index contributed by atoms with van der Waals surface area (Å²) >= 11 is 12.2. The minimum absolute atomic E-state index is 0.0730. The van der Waals surface area contributed by atoms with Crippen LogP contribution in [-0.4, -0.2) is 50.5 Å². The molecule has 0 aliphatic heterocycles. The molecule has 7 nitrogen and oxygen atoms in total. The lowest BCUT2D eigenvalue weighted by Crippen LogP contribution is -2.47. The monoisotopic (exact) mass is 555 g/mol. The van der Waals surface area contributed by atoms with Gasteiger partial charge in [0.1, 0.15) is 6.04 Å². The number of nitrogens with zero attached hydrogens (tertiary/aromatic N) is 2. The predicted molar refractivity (Wildman–Crippen MR) is 147 cm³/mol. The number of sulfonamides is 1. The second-order valence-electron chi connectivity index (χ2n) is 9.02. The van der Waals surface area contributed by atoms with Crippen LogP contribution in [-0.2, 0) is 26.2 Å². The number of hydrogen-bond donors (Lipinski definition) is 1. The molecule has 1 atom stereocenters. The molecule has 36 heavy (non-hydrogen) atoms. The first-order valence-corrected chi connectivity index (χ1v) is 14.5. The summed E-state index contributed by atoms with van der Waals surface area (Å²) in [6.45, 7) is 8.27. The Morgan fingerprint density at radius 3 is 2.22 bits per heavy atom. The zero-order valence-electron chi connectivity index (χ0n) is 21.5. The molecule has 0 fully saturated rings. The number of nitrogens with one attached hydrogen (secondary N) is 1. The van der Waals surface area contributed by atoms with E-state index < -0.39 is 16.1 Å². The summed E-state index contributed by atoms with van der Waals surface area (Å²) < 4.78 is 26.4. The molecule has 0 saturated carbocycles. The summed E-state index contributed by atoms with van der Waals surface area (Å²) in [6.07, 6.45) is 2.30. The van der Waals surface area contributed by atoms with Gasteiger partial charge >= 0.3 is 0 Å². The van der Waals surface area contributed by atoms with Crippen LogP contribution in [0.2, 0.25) is 10.0 Å². The van der Waals surface area contributed by atoms with Gasteiger partial charge in [0.15, 0.2) is 0 Å². The third kappa shape index (κ3) is 8.68. The molecule has 10 heteroatoms. The van der Waals surface area contributed by atoms with Gasteiger partial charge in [0.25, 0.3) is 0 Å². The first-order chi connectivity index (χ1) is 16.8. The summed E-state index contributed by atoms with van der Waals surface area (Å²) in [7, 11) is -3.55. The van der Waals surface area contributed by atoms with Crippen molar-refractivity contribution in [3.8, 4) is 0 Å². The Morgan fingerprint density at radius 1 is 1.03 bits per heavy atom. The van der Waals surface area contributed by atoms with Crippen molar-refractivity contribution < 1.29 is 18.0 Å². The molecule has 2 rings (SSSR count). The fraction of sp³-hybridized carbons (Fsp3) is 0.462. The summed E-state index contributed by atoms with van der Waals surface area (Å²) in [4.78, 5) is 27.5. The molecule has 0 aliphatic carbocycles. The van der Waals surface area contributed by atoms with E-state index in [4.69, 9.17) is 23.2 Å². The lowest BCUT2D eigenvalue weighted by atomic mass is 10.1. The standard InChI is InChI=1S/C26H35Cl2N3O4S/c1-6-11-29-26(33)20(4)30(17-21-9-10-23(27)24(28)16-21)25(32)8-7-12-31(36(5,34)35)22-14-18(2)13-19(3)15-22/h9-10,13-16,20H,6-8,11-12,17H2,1-5H3,(H,29,33)/t20-/m1/s1. The topological polar surface area (TPSA) is 86.8 Å². The molecule has 2 amide bonds. The Kier molecular flexibility index (Phi) is 11.1. The van der Waals surface area contributed by atoms with Crippen LogP contribution in [0.5, 0.6) is 0 Å². The minimum Gasteiger partial charge on any atom is -0.354 e. The molecular formula is C26H35Cl2N3O4S. The third-order valence-corrected chi connectivity index (χ3v) is 7.63. The second kappa shape index (κ2) is 13.3. The number of benzene rings is 2. The molecule has 198 valence electrons. The number of anilines is 1. The number of carbonyl (C=O) groups is 2. The van der Waals surface area contributed by atoms with Crippen molar-refractivity contribution in [2.24, 2.45) is 0 Å².